The molecular weight excluding hydrogens is 179 g/mol. The largest absolute Gasteiger partial charge is 0.488 e. The smallest absolute Gasteiger partial charge is 0.127 e. The molecule has 0 fully saturated rings. The van der Waals surface area contributed by atoms with Crippen molar-refractivity contribution in [3.63, 3.8) is 0 Å². The first-order valence-electron chi connectivity index (χ1n) is 4.58. The fourth-order valence-electron chi connectivity index (χ4n) is 1.56. The van der Waals surface area contributed by atoms with Gasteiger partial charge in [-0.15, -0.1) is 0 Å². The summed E-state index contributed by atoms with van der Waals surface area (Å²) in [5, 5.41) is 1.80. The van der Waals surface area contributed by atoms with E-state index in [1.807, 2.05) is 6.07 Å². The van der Waals surface area contributed by atoms with Crippen molar-refractivity contribution in [2.24, 2.45) is 0 Å². The van der Waals surface area contributed by atoms with Crippen molar-refractivity contribution >= 4 is 13.2 Å². The highest BCUT2D eigenvalue weighted by atomic mass is 31.1. The second-order valence-electron chi connectivity index (χ2n) is 4.34. The summed E-state index contributed by atoms with van der Waals surface area (Å²) in [6, 6.07) is 8.43. The van der Waals surface area contributed by atoms with E-state index in [2.05, 4.69) is 39.0 Å². The van der Waals surface area contributed by atoms with Crippen molar-refractivity contribution in [3.05, 3.63) is 24.3 Å². The summed E-state index contributed by atoms with van der Waals surface area (Å²) < 4.78 is 5.67. The Labute approximate surface area is 80.9 Å². The van der Waals surface area contributed by atoms with Crippen LogP contribution in [0.2, 0.25) is 0 Å². The number of rotatable bonds is 0. The van der Waals surface area contributed by atoms with Gasteiger partial charge >= 0.3 is 0 Å². The van der Waals surface area contributed by atoms with Gasteiger partial charge in [-0.3, -0.25) is 0 Å². The van der Waals surface area contributed by atoms with Gasteiger partial charge in [0.15, 0.2) is 0 Å². The van der Waals surface area contributed by atoms with Crippen LogP contribution in [-0.2, 0) is 0 Å². The van der Waals surface area contributed by atoms with E-state index >= 15 is 0 Å². The van der Waals surface area contributed by atoms with Crippen LogP contribution < -0.4 is 10.0 Å². The minimum Gasteiger partial charge on any atom is -0.488 e. The SMILES string of the molecule is CC(C)(C)[P@@]1COc2ccccc21. The monoisotopic (exact) mass is 194 g/mol. The molecule has 0 N–H and O–H groups in total. The Hall–Kier alpha value is -0.550. The molecule has 70 valence electrons. The number of hydrogen-bond acceptors (Lipinski definition) is 1. The molecule has 0 aliphatic carbocycles. The van der Waals surface area contributed by atoms with Gasteiger partial charge < -0.3 is 4.74 Å². The van der Waals surface area contributed by atoms with E-state index in [4.69, 9.17) is 4.74 Å². The van der Waals surface area contributed by atoms with Crippen LogP contribution in [-0.4, -0.2) is 11.5 Å². The van der Waals surface area contributed by atoms with Crippen molar-refractivity contribution in [2.75, 3.05) is 6.35 Å². The maximum absolute atomic E-state index is 5.67. The van der Waals surface area contributed by atoms with Gasteiger partial charge in [-0.2, -0.15) is 0 Å². The van der Waals surface area contributed by atoms with Gasteiger partial charge in [0.2, 0.25) is 0 Å². The highest BCUT2D eigenvalue weighted by Crippen LogP contribution is 2.53. The molecule has 2 rings (SSSR count). The number of ether oxygens (including phenoxy) is 1. The third-order valence-electron chi connectivity index (χ3n) is 2.31. The average Bonchev–Trinajstić information content (AvgIpc) is 2.45. The Morgan fingerprint density at radius 3 is 2.62 bits per heavy atom. The van der Waals surface area contributed by atoms with Crippen LogP contribution >= 0.6 is 7.92 Å². The lowest BCUT2D eigenvalue weighted by Crippen LogP contribution is -2.17. The highest BCUT2D eigenvalue weighted by Gasteiger charge is 2.32. The van der Waals surface area contributed by atoms with Gasteiger partial charge in [0, 0.05) is 5.30 Å². The number of hydrogen-bond donors (Lipinski definition) is 0. The van der Waals surface area contributed by atoms with Crippen molar-refractivity contribution < 1.29 is 4.74 Å². The Bertz CT molecular complexity index is 314. The Kier molecular flexibility index (Phi) is 2.08. The van der Waals surface area contributed by atoms with Gasteiger partial charge in [-0.25, -0.2) is 0 Å². The second-order valence-corrected chi connectivity index (χ2v) is 7.28. The average molecular weight is 194 g/mol. The first-order valence-corrected chi connectivity index (χ1v) is 6.11. The summed E-state index contributed by atoms with van der Waals surface area (Å²) >= 11 is 0. The first kappa shape index (κ1) is 9.02. The minimum atomic E-state index is -0.124. The Morgan fingerprint density at radius 1 is 1.23 bits per heavy atom. The zero-order chi connectivity index (χ0) is 9.47. The highest BCUT2D eigenvalue weighted by molar-refractivity contribution is 7.67. The number of fused-ring (bicyclic) bond motifs is 1. The van der Waals surface area contributed by atoms with E-state index in [1.54, 1.807) is 0 Å². The molecule has 1 aliphatic rings. The maximum atomic E-state index is 5.67. The van der Waals surface area contributed by atoms with Crippen LogP contribution in [0.5, 0.6) is 5.75 Å². The molecule has 1 heterocycles. The van der Waals surface area contributed by atoms with Crippen LogP contribution in [0.4, 0.5) is 0 Å². The summed E-state index contributed by atoms with van der Waals surface area (Å²) in [7, 11) is -0.124. The van der Waals surface area contributed by atoms with E-state index in [0.29, 0.717) is 5.16 Å². The van der Waals surface area contributed by atoms with Crippen molar-refractivity contribution in [1.29, 1.82) is 0 Å². The molecule has 0 bridgehead atoms. The molecule has 0 unspecified atom stereocenters. The Morgan fingerprint density at radius 2 is 1.92 bits per heavy atom. The summed E-state index contributed by atoms with van der Waals surface area (Å²) in [6.07, 6.45) is 0.901. The molecule has 0 aromatic heterocycles. The van der Waals surface area contributed by atoms with Gasteiger partial charge in [0.1, 0.15) is 12.1 Å². The van der Waals surface area contributed by atoms with Crippen molar-refractivity contribution in [2.45, 2.75) is 25.9 Å². The molecule has 0 saturated carbocycles. The summed E-state index contributed by atoms with van der Waals surface area (Å²) in [5.74, 6) is 1.10. The fraction of sp³-hybridized carbons (Fsp3) is 0.455. The molecule has 2 heteroatoms. The summed E-state index contributed by atoms with van der Waals surface area (Å²) in [4.78, 5) is 0. The normalized spacial score (nSPS) is 21.0. The zero-order valence-electron chi connectivity index (χ0n) is 8.37. The molecule has 1 nitrogen and oxygen atoms in total. The minimum absolute atomic E-state index is 0.124. The lowest BCUT2D eigenvalue weighted by Gasteiger charge is -2.25. The van der Waals surface area contributed by atoms with Crippen LogP contribution in [0.25, 0.3) is 0 Å². The number of benzene rings is 1. The lowest BCUT2D eigenvalue weighted by molar-refractivity contribution is 0.400. The zero-order valence-corrected chi connectivity index (χ0v) is 9.27. The summed E-state index contributed by atoms with van der Waals surface area (Å²) in [5.41, 5.74) is 0. The maximum Gasteiger partial charge on any atom is 0.127 e. The Balaban J connectivity index is 2.39. The van der Waals surface area contributed by atoms with Crippen molar-refractivity contribution in [1.82, 2.24) is 0 Å². The van der Waals surface area contributed by atoms with Crippen LogP contribution in [0, 0.1) is 0 Å². The predicted molar refractivity (Wildman–Crippen MR) is 58.2 cm³/mol. The van der Waals surface area contributed by atoms with Gasteiger partial charge in [-0.1, -0.05) is 39.0 Å². The van der Waals surface area contributed by atoms with Crippen molar-refractivity contribution in [3.8, 4) is 5.75 Å². The van der Waals surface area contributed by atoms with E-state index in [-0.39, 0.29) is 7.92 Å². The molecule has 0 radical (unpaired) electrons. The molecule has 0 saturated heterocycles. The molecule has 13 heavy (non-hydrogen) atoms. The van der Waals surface area contributed by atoms with E-state index < -0.39 is 0 Å². The van der Waals surface area contributed by atoms with Crippen LogP contribution in [0.1, 0.15) is 20.8 Å². The van der Waals surface area contributed by atoms with E-state index in [1.165, 1.54) is 5.30 Å². The van der Waals surface area contributed by atoms with Crippen LogP contribution in [0.3, 0.4) is 0 Å². The number of para-hydroxylation sites is 1. The second kappa shape index (κ2) is 2.99. The van der Waals surface area contributed by atoms with Gasteiger partial charge in [0.05, 0.1) is 0 Å². The van der Waals surface area contributed by atoms with Gasteiger partial charge in [-0.05, 0) is 19.1 Å². The molecule has 1 atom stereocenters. The quantitative estimate of drug-likeness (QED) is 0.577. The molecule has 1 aliphatic heterocycles. The molecule has 0 spiro atoms. The molecule has 0 amide bonds. The first-order chi connectivity index (χ1) is 6.09. The fourth-order valence-corrected chi connectivity index (χ4v) is 3.75. The molecule has 1 aromatic rings. The summed E-state index contributed by atoms with van der Waals surface area (Å²) in [6.45, 7) is 6.89. The van der Waals surface area contributed by atoms with Crippen LogP contribution in [0.15, 0.2) is 24.3 Å². The van der Waals surface area contributed by atoms with Gasteiger partial charge in [0.25, 0.3) is 0 Å². The predicted octanol–water partition coefficient (Wildman–Crippen LogP) is 2.94. The standard InChI is InChI=1S/C11H15OP/c1-11(2,3)13-8-12-9-6-4-5-7-10(9)13/h4-7H,8H2,1-3H3/t13-/m0/s1. The van der Waals surface area contributed by atoms with E-state index in [9.17, 15) is 0 Å². The third kappa shape index (κ3) is 1.58. The lowest BCUT2D eigenvalue weighted by atomic mass is 10.3. The molecule has 1 aromatic carbocycles. The topological polar surface area (TPSA) is 9.23 Å². The third-order valence-corrected chi connectivity index (χ3v) is 5.27. The van der Waals surface area contributed by atoms with E-state index in [0.717, 1.165) is 12.1 Å². The molecular formula is C11H15OP.